The van der Waals surface area contributed by atoms with E-state index in [2.05, 4.69) is 4.98 Å². The summed E-state index contributed by atoms with van der Waals surface area (Å²) in [4.78, 5) is 3.06. The number of sulfonamides is 1. The SMILES string of the molecule is CS(=O)(=O)N1CC=C(c2c[nH]c3cccc(F)c23)CC1. The minimum Gasteiger partial charge on any atom is -0.360 e. The zero-order chi connectivity index (χ0) is 14.3. The van der Waals surface area contributed by atoms with Crippen LogP contribution in [-0.4, -0.2) is 37.1 Å². The fourth-order valence-corrected chi connectivity index (χ4v) is 3.36. The molecule has 2 aromatic rings. The van der Waals surface area contributed by atoms with Crippen LogP contribution in [0.3, 0.4) is 0 Å². The third-order valence-electron chi connectivity index (χ3n) is 3.64. The molecule has 0 fully saturated rings. The molecule has 0 bridgehead atoms. The Labute approximate surface area is 117 Å². The van der Waals surface area contributed by atoms with Crippen molar-refractivity contribution in [2.24, 2.45) is 0 Å². The number of nitrogens with one attached hydrogen (secondary N) is 1. The summed E-state index contributed by atoms with van der Waals surface area (Å²) in [6, 6.07) is 4.93. The molecule has 106 valence electrons. The molecule has 4 nitrogen and oxygen atoms in total. The van der Waals surface area contributed by atoms with Crippen molar-refractivity contribution in [2.75, 3.05) is 19.3 Å². The predicted octanol–water partition coefficient (Wildman–Crippen LogP) is 2.36. The number of aromatic nitrogens is 1. The third kappa shape index (κ3) is 2.25. The first kappa shape index (κ1) is 13.3. The summed E-state index contributed by atoms with van der Waals surface area (Å²) in [5, 5.41) is 0.576. The van der Waals surface area contributed by atoms with Gasteiger partial charge in [-0.15, -0.1) is 0 Å². The third-order valence-corrected chi connectivity index (χ3v) is 4.91. The quantitative estimate of drug-likeness (QED) is 0.924. The van der Waals surface area contributed by atoms with Gasteiger partial charge < -0.3 is 4.98 Å². The molecular formula is C14H15FN2O2S. The summed E-state index contributed by atoms with van der Waals surface area (Å²) in [5.41, 5.74) is 2.57. The maximum Gasteiger partial charge on any atom is 0.211 e. The Morgan fingerprint density at radius 3 is 2.80 bits per heavy atom. The molecule has 0 saturated carbocycles. The molecule has 3 rings (SSSR count). The lowest BCUT2D eigenvalue weighted by atomic mass is 9.99. The van der Waals surface area contributed by atoms with E-state index in [0.717, 1.165) is 16.7 Å². The molecule has 1 aromatic heterocycles. The molecule has 1 aliphatic rings. The van der Waals surface area contributed by atoms with Crippen molar-refractivity contribution in [1.82, 2.24) is 9.29 Å². The van der Waals surface area contributed by atoms with Crippen molar-refractivity contribution >= 4 is 26.5 Å². The maximum absolute atomic E-state index is 13.9. The van der Waals surface area contributed by atoms with Gasteiger partial charge >= 0.3 is 0 Å². The van der Waals surface area contributed by atoms with Gasteiger partial charge in [0, 0.05) is 35.8 Å². The van der Waals surface area contributed by atoms with Crippen LogP contribution in [0.1, 0.15) is 12.0 Å². The minimum atomic E-state index is -3.16. The molecule has 1 aromatic carbocycles. The van der Waals surface area contributed by atoms with Crippen LogP contribution in [0.25, 0.3) is 16.5 Å². The van der Waals surface area contributed by atoms with E-state index in [1.165, 1.54) is 16.6 Å². The van der Waals surface area contributed by atoms with E-state index in [-0.39, 0.29) is 5.82 Å². The van der Waals surface area contributed by atoms with E-state index in [1.807, 2.05) is 12.1 Å². The number of fused-ring (bicyclic) bond motifs is 1. The Morgan fingerprint density at radius 2 is 2.15 bits per heavy atom. The number of aromatic amines is 1. The first-order valence-electron chi connectivity index (χ1n) is 6.37. The van der Waals surface area contributed by atoms with Crippen LogP contribution < -0.4 is 0 Å². The highest BCUT2D eigenvalue weighted by atomic mass is 32.2. The summed E-state index contributed by atoms with van der Waals surface area (Å²) < 4.78 is 38.3. The van der Waals surface area contributed by atoms with Gasteiger partial charge in [-0.2, -0.15) is 4.31 Å². The van der Waals surface area contributed by atoms with Gasteiger partial charge in [0.15, 0.2) is 0 Å². The van der Waals surface area contributed by atoms with Crippen LogP contribution in [0.2, 0.25) is 0 Å². The molecule has 6 heteroatoms. The summed E-state index contributed by atoms with van der Waals surface area (Å²) in [6.07, 6.45) is 5.45. The molecule has 0 unspecified atom stereocenters. The molecule has 20 heavy (non-hydrogen) atoms. The number of nitrogens with zero attached hydrogens (tertiary/aromatic N) is 1. The normalized spacial score (nSPS) is 17.4. The van der Waals surface area contributed by atoms with Crippen LogP contribution in [0, 0.1) is 5.82 Å². The lowest BCUT2D eigenvalue weighted by Gasteiger charge is -2.24. The van der Waals surface area contributed by atoms with Gasteiger partial charge in [0.1, 0.15) is 5.82 Å². The highest BCUT2D eigenvalue weighted by Gasteiger charge is 2.22. The molecule has 0 atom stereocenters. The van der Waals surface area contributed by atoms with Crippen LogP contribution in [0.4, 0.5) is 4.39 Å². The molecule has 0 spiro atoms. The van der Waals surface area contributed by atoms with Gasteiger partial charge in [0.25, 0.3) is 0 Å². The Kier molecular flexibility index (Phi) is 3.14. The highest BCUT2D eigenvalue weighted by molar-refractivity contribution is 7.88. The van der Waals surface area contributed by atoms with Crippen LogP contribution in [-0.2, 0) is 10.0 Å². The first-order valence-corrected chi connectivity index (χ1v) is 8.22. The van der Waals surface area contributed by atoms with Gasteiger partial charge in [0.05, 0.1) is 6.26 Å². The van der Waals surface area contributed by atoms with Crippen molar-refractivity contribution in [3.8, 4) is 0 Å². The van der Waals surface area contributed by atoms with Gasteiger partial charge in [-0.25, -0.2) is 12.8 Å². The molecule has 1 N–H and O–H groups in total. The van der Waals surface area contributed by atoms with Crippen molar-refractivity contribution in [3.63, 3.8) is 0 Å². The van der Waals surface area contributed by atoms with E-state index >= 15 is 0 Å². The summed E-state index contributed by atoms with van der Waals surface area (Å²) in [6.45, 7) is 0.779. The molecule has 1 aliphatic heterocycles. The number of H-pyrrole nitrogens is 1. The van der Waals surface area contributed by atoms with Gasteiger partial charge in [-0.05, 0) is 24.1 Å². The average molecular weight is 294 g/mol. The molecular weight excluding hydrogens is 279 g/mol. The van der Waals surface area contributed by atoms with Crippen LogP contribution >= 0.6 is 0 Å². The second-order valence-corrected chi connectivity index (χ2v) is 6.95. The monoisotopic (exact) mass is 294 g/mol. The van der Waals surface area contributed by atoms with E-state index < -0.39 is 10.0 Å². The largest absolute Gasteiger partial charge is 0.360 e. The number of rotatable bonds is 2. The van der Waals surface area contributed by atoms with Crippen molar-refractivity contribution in [3.05, 3.63) is 41.9 Å². The summed E-state index contributed by atoms with van der Waals surface area (Å²) in [7, 11) is -3.16. The van der Waals surface area contributed by atoms with Crippen LogP contribution in [0.5, 0.6) is 0 Å². The number of hydrogen-bond acceptors (Lipinski definition) is 2. The van der Waals surface area contributed by atoms with Gasteiger partial charge in [-0.3, -0.25) is 0 Å². The van der Waals surface area contributed by atoms with E-state index in [0.29, 0.717) is 24.9 Å². The topological polar surface area (TPSA) is 53.2 Å². The average Bonchev–Trinajstić information content (AvgIpc) is 2.83. The zero-order valence-electron chi connectivity index (χ0n) is 11.1. The highest BCUT2D eigenvalue weighted by Crippen LogP contribution is 2.31. The van der Waals surface area contributed by atoms with E-state index in [4.69, 9.17) is 0 Å². The number of benzene rings is 1. The van der Waals surface area contributed by atoms with Gasteiger partial charge in [0.2, 0.25) is 10.0 Å². The lowest BCUT2D eigenvalue weighted by molar-refractivity contribution is 0.446. The molecule has 0 amide bonds. The predicted molar refractivity (Wildman–Crippen MR) is 77.3 cm³/mol. The molecule has 0 radical (unpaired) electrons. The standard InChI is InChI=1S/C14H15FN2O2S/c1-20(18,19)17-7-5-10(6-8-17)11-9-16-13-4-2-3-12(15)14(11)13/h2-5,9,16H,6-8H2,1H3. The Hall–Kier alpha value is -1.66. The summed E-state index contributed by atoms with van der Waals surface area (Å²) in [5.74, 6) is -0.259. The van der Waals surface area contributed by atoms with Crippen molar-refractivity contribution < 1.29 is 12.8 Å². The smallest absolute Gasteiger partial charge is 0.211 e. The second-order valence-electron chi connectivity index (χ2n) is 4.97. The van der Waals surface area contributed by atoms with Crippen molar-refractivity contribution in [2.45, 2.75) is 6.42 Å². The minimum absolute atomic E-state index is 0.259. The fraction of sp³-hybridized carbons (Fsp3) is 0.286. The summed E-state index contributed by atoms with van der Waals surface area (Å²) >= 11 is 0. The number of hydrogen-bond donors (Lipinski definition) is 1. The molecule has 0 saturated heterocycles. The molecule has 0 aliphatic carbocycles. The van der Waals surface area contributed by atoms with Crippen LogP contribution in [0.15, 0.2) is 30.5 Å². The van der Waals surface area contributed by atoms with Gasteiger partial charge in [-0.1, -0.05) is 12.1 Å². The maximum atomic E-state index is 13.9. The second kappa shape index (κ2) is 4.71. The Bertz CT molecular complexity index is 793. The van der Waals surface area contributed by atoms with Crippen molar-refractivity contribution in [1.29, 1.82) is 0 Å². The zero-order valence-corrected chi connectivity index (χ0v) is 11.9. The Balaban J connectivity index is 2.00. The van der Waals surface area contributed by atoms with E-state index in [1.54, 1.807) is 12.3 Å². The van der Waals surface area contributed by atoms with E-state index in [9.17, 15) is 12.8 Å². The lowest BCUT2D eigenvalue weighted by Crippen LogP contribution is -2.33. The fourth-order valence-electron chi connectivity index (χ4n) is 2.59. The first-order chi connectivity index (χ1) is 9.47. The number of halogens is 1. The molecule has 2 heterocycles. The Morgan fingerprint density at radius 1 is 1.35 bits per heavy atom.